The second-order valence-corrected chi connectivity index (χ2v) is 5.87. The zero-order valence-electron chi connectivity index (χ0n) is 11.3. The van der Waals surface area contributed by atoms with Crippen molar-refractivity contribution in [3.05, 3.63) is 23.2 Å². The van der Waals surface area contributed by atoms with Crippen LogP contribution < -0.4 is 5.73 Å². The minimum Gasteiger partial charge on any atom is -0.369 e. The van der Waals surface area contributed by atoms with Crippen molar-refractivity contribution in [2.24, 2.45) is 5.92 Å². The van der Waals surface area contributed by atoms with Crippen molar-refractivity contribution in [3.8, 4) is 0 Å². The van der Waals surface area contributed by atoms with E-state index in [9.17, 15) is 0 Å². The number of hydrogen-bond donors (Lipinski definition) is 1. The van der Waals surface area contributed by atoms with Crippen LogP contribution in [0.3, 0.4) is 0 Å². The van der Waals surface area contributed by atoms with Crippen molar-refractivity contribution in [1.82, 2.24) is 9.55 Å². The quantitative estimate of drug-likeness (QED) is 0.883. The third-order valence-electron chi connectivity index (χ3n) is 4.42. The Bertz CT molecular complexity index is 590. The maximum absolute atomic E-state index is 6.22. The van der Waals surface area contributed by atoms with Crippen molar-refractivity contribution in [2.75, 3.05) is 5.73 Å². The van der Waals surface area contributed by atoms with Gasteiger partial charge in [0.1, 0.15) is 5.52 Å². The van der Waals surface area contributed by atoms with Crippen LogP contribution >= 0.6 is 11.6 Å². The Hall–Kier alpha value is -1.22. The number of nitrogens with zero attached hydrogens (tertiary/aromatic N) is 2. The topological polar surface area (TPSA) is 43.8 Å². The lowest BCUT2D eigenvalue weighted by atomic mass is 9.82. The molecule has 1 fully saturated rings. The van der Waals surface area contributed by atoms with Crippen molar-refractivity contribution >= 4 is 28.6 Å². The first kappa shape index (κ1) is 12.8. The largest absolute Gasteiger partial charge is 0.369 e. The summed E-state index contributed by atoms with van der Waals surface area (Å²) in [6.07, 6.45) is 6.30. The molecule has 19 heavy (non-hydrogen) atoms. The van der Waals surface area contributed by atoms with Crippen LogP contribution in [0.2, 0.25) is 5.02 Å². The van der Waals surface area contributed by atoms with Crippen molar-refractivity contribution in [1.29, 1.82) is 0 Å². The monoisotopic (exact) mass is 277 g/mol. The first-order valence-electron chi connectivity index (χ1n) is 7.14. The number of rotatable bonds is 2. The Morgan fingerprint density at radius 3 is 2.95 bits per heavy atom. The first-order valence-corrected chi connectivity index (χ1v) is 7.52. The summed E-state index contributed by atoms with van der Waals surface area (Å²) in [5.74, 6) is 1.31. The number of fused-ring (bicyclic) bond motifs is 1. The van der Waals surface area contributed by atoms with Gasteiger partial charge in [-0.15, -0.1) is 0 Å². The fraction of sp³-hybridized carbons (Fsp3) is 0.533. The van der Waals surface area contributed by atoms with E-state index < -0.39 is 0 Å². The summed E-state index contributed by atoms with van der Waals surface area (Å²) in [5, 5.41) is 0.687. The van der Waals surface area contributed by atoms with E-state index in [1.807, 2.05) is 12.1 Å². The van der Waals surface area contributed by atoms with E-state index in [-0.39, 0.29) is 0 Å². The summed E-state index contributed by atoms with van der Waals surface area (Å²) >= 11 is 6.22. The Balaban J connectivity index is 2.13. The fourth-order valence-electron chi connectivity index (χ4n) is 3.45. The summed E-state index contributed by atoms with van der Waals surface area (Å²) in [6, 6.07) is 6.40. The van der Waals surface area contributed by atoms with Crippen LogP contribution in [0.25, 0.3) is 11.0 Å². The molecule has 1 aliphatic carbocycles. The molecule has 4 heteroatoms. The molecular weight excluding hydrogens is 258 g/mol. The number of hydrogen-bond acceptors (Lipinski definition) is 2. The standard InChI is InChI=1S/C15H20ClN3/c1-2-10-6-3-4-8-12(10)19-13-9-5-7-11(16)14(13)18-15(19)17/h5,7,9-10,12H,2-4,6,8H2,1H3,(H2,17,18). The minimum absolute atomic E-state index is 0.474. The van der Waals surface area contributed by atoms with Gasteiger partial charge in [-0.3, -0.25) is 0 Å². The van der Waals surface area contributed by atoms with Gasteiger partial charge in [0.05, 0.1) is 10.5 Å². The van der Waals surface area contributed by atoms with Crippen molar-refractivity contribution in [3.63, 3.8) is 0 Å². The molecule has 2 N–H and O–H groups in total. The number of benzene rings is 1. The molecule has 0 spiro atoms. The van der Waals surface area contributed by atoms with Crippen molar-refractivity contribution < 1.29 is 0 Å². The van der Waals surface area contributed by atoms with Crippen LogP contribution in [0.4, 0.5) is 5.95 Å². The minimum atomic E-state index is 0.474. The predicted octanol–water partition coefficient (Wildman–Crippen LogP) is 4.41. The summed E-state index contributed by atoms with van der Waals surface area (Å²) in [7, 11) is 0. The van der Waals surface area contributed by atoms with Gasteiger partial charge in [0.2, 0.25) is 5.95 Å². The Kier molecular flexibility index (Phi) is 3.40. The van der Waals surface area contributed by atoms with Gasteiger partial charge in [0, 0.05) is 6.04 Å². The molecule has 3 nitrogen and oxygen atoms in total. The maximum atomic E-state index is 6.22. The number of imidazole rings is 1. The molecule has 0 bridgehead atoms. The molecule has 2 atom stereocenters. The van der Waals surface area contributed by atoms with Crippen LogP contribution in [0.15, 0.2) is 18.2 Å². The number of nitrogen functional groups attached to an aromatic ring is 1. The van der Waals surface area contributed by atoms with Gasteiger partial charge in [-0.05, 0) is 30.9 Å². The van der Waals surface area contributed by atoms with E-state index in [2.05, 4.69) is 22.5 Å². The zero-order valence-corrected chi connectivity index (χ0v) is 12.0. The van der Waals surface area contributed by atoms with E-state index in [1.165, 1.54) is 32.1 Å². The molecule has 102 valence electrons. The SMILES string of the molecule is CCC1CCCCC1n1c(N)nc2c(Cl)cccc21. The smallest absolute Gasteiger partial charge is 0.201 e. The van der Waals surface area contributed by atoms with Gasteiger partial charge < -0.3 is 10.3 Å². The van der Waals surface area contributed by atoms with Gasteiger partial charge in [-0.2, -0.15) is 0 Å². The fourth-order valence-corrected chi connectivity index (χ4v) is 3.67. The average Bonchev–Trinajstić information content (AvgIpc) is 2.76. The molecule has 0 amide bonds. The molecule has 0 aliphatic heterocycles. The Labute approximate surface area is 118 Å². The molecule has 2 aromatic rings. The molecule has 1 heterocycles. The number of halogens is 1. The van der Waals surface area contributed by atoms with E-state index in [1.54, 1.807) is 0 Å². The van der Waals surface area contributed by atoms with E-state index >= 15 is 0 Å². The normalized spacial score (nSPS) is 23.9. The maximum Gasteiger partial charge on any atom is 0.201 e. The van der Waals surface area contributed by atoms with Crippen molar-refractivity contribution in [2.45, 2.75) is 45.1 Å². The predicted molar refractivity (Wildman–Crippen MR) is 80.4 cm³/mol. The third-order valence-corrected chi connectivity index (χ3v) is 4.73. The number of nitrogens with two attached hydrogens (primary N) is 1. The molecule has 1 saturated carbocycles. The summed E-state index contributed by atoms with van der Waals surface area (Å²) < 4.78 is 2.22. The highest BCUT2D eigenvalue weighted by molar-refractivity contribution is 6.35. The molecule has 1 aliphatic rings. The lowest BCUT2D eigenvalue weighted by Gasteiger charge is -2.32. The Morgan fingerprint density at radius 1 is 1.37 bits per heavy atom. The van der Waals surface area contributed by atoms with Gasteiger partial charge in [0.15, 0.2) is 0 Å². The van der Waals surface area contributed by atoms with E-state index in [0.29, 0.717) is 22.9 Å². The van der Waals surface area contributed by atoms with Gasteiger partial charge >= 0.3 is 0 Å². The molecule has 1 aromatic carbocycles. The number of aromatic nitrogens is 2. The highest BCUT2D eigenvalue weighted by Gasteiger charge is 2.28. The summed E-state index contributed by atoms with van der Waals surface area (Å²) in [5.41, 5.74) is 8.08. The summed E-state index contributed by atoms with van der Waals surface area (Å²) in [6.45, 7) is 2.27. The second-order valence-electron chi connectivity index (χ2n) is 5.47. The Morgan fingerprint density at radius 2 is 2.16 bits per heavy atom. The van der Waals surface area contributed by atoms with Crippen LogP contribution in [0.5, 0.6) is 0 Å². The van der Waals surface area contributed by atoms with Crippen LogP contribution in [0, 0.1) is 5.92 Å². The van der Waals surface area contributed by atoms with E-state index in [4.69, 9.17) is 17.3 Å². The van der Waals surface area contributed by atoms with Gasteiger partial charge in [-0.1, -0.05) is 43.9 Å². The molecular formula is C15H20ClN3. The first-order chi connectivity index (χ1) is 9.22. The lowest BCUT2D eigenvalue weighted by molar-refractivity contribution is 0.239. The van der Waals surface area contributed by atoms with Crippen LogP contribution in [0.1, 0.15) is 45.1 Å². The molecule has 1 aromatic heterocycles. The summed E-state index contributed by atoms with van der Waals surface area (Å²) in [4.78, 5) is 4.47. The molecule has 0 radical (unpaired) electrons. The van der Waals surface area contributed by atoms with E-state index in [0.717, 1.165) is 11.0 Å². The number of para-hydroxylation sites is 1. The zero-order chi connectivity index (χ0) is 13.4. The molecule has 3 rings (SSSR count). The van der Waals surface area contributed by atoms with Gasteiger partial charge in [-0.25, -0.2) is 4.98 Å². The van der Waals surface area contributed by atoms with Crippen LogP contribution in [-0.4, -0.2) is 9.55 Å². The third kappa shape index (κ3) is 2.10. The number of anilines is 1. The highest BCUT2D eigenvalue weighted by atomic mass is 35.5. The van der Waals surface area contributed by atoms with Gasteiger partial charge in [0.25, 0.3) is 0 Å². The average molecular weight is 278 g/mol. The molecule has 0 saturated heterocycles. The highest BCUT2D eigenvalue weighted by Crippen LogP contribution is 2.39. The van der Waals surface area contributed by atoms with Crippen LogP contribution in [-0.2, 0) is 0 Å². The second kappa shape index (κ2) is 5.04. The lowest BCUT2D eigenvalue weighted by Crippen LogP contribution is -2.23. The molecule has 2 unspecified atom stereocenters.